The maximum Gasteiger partial charge on any atom is 0.422 e. The normalized spacial score (nSPS) is 11.6. The molecule has 30 heavy (non-hydrogen) atoms. The Morgan fingerprint density at radius 1 is 1.10 bits per heavy atom. The first kappa shape index (κ1) is 22.8. The molecule has 162 valence electrons. The van der Waals surface area contributed by atoms with Crippen LogP contribution in [-0.4, -0.2) is 31.0 Å². The molecule has 0 aliphatic rings. The van der Waals surface area contributed by atoms with Crippen LogP contribution in [0.3, 0.4) is 0 Å². The molecule has 0 saturated carbocycles. The van der Waals surface area contributed by atoms with Crippen molar-refractivity contribution in [1.82, 2.24) is 0 Å². The number of alkyl halides is 3. The smallest absolute Gasteiger partial charge is 0.422 e. The monoisotopic (exact) mass is 440 g/mol. The Labute approximate surface area is 163 Å². The van der Waals surface area contributed by atoms with Crippen molar-refractivity contribution >= 4 is 17.9 Å². The zero-order valence-electron chi connectivity index (χ0n) is 14.8. The molecule has 2 aromatic carbocycles. The molecule has 2 aromatic rings. The van der Waals surface area contributed by atoms with E-state index < -0.39 is 53.3 Å². The van der Waals surface area contributed by atoms with E-state index in [1.165, 1.54) is 25.3 Å². The summed E-state index contributed by atoms with van der Waals surface area (Å²) in [6.07, 6.45) is -4.76. The van der Waals surface area contributed by atoms with Gasteiger partial charge in [0.1, 0.15) is 11.3 Å². The van der Waals surface area contributed by atoms with Gasteiger partial charge in [0.15, 0.2) is 41.4 Å². The highest BCUT2D eigenvalue weighted by Crippen LogP contribution is 2.38. The number of ether oxygens (including phenoxy) is 2. The van der Waals surface area contributed by atoms with Crippen molar-refractivity contribution in [2.45, 2.75) is 6.18 Å². The summed E-state index contributed by atoms with van der Waals surface area (Å²) in [6.45, 7) is -0.658. The standard InChI is InChI=1S/C17H11F7N2O4/c1-29-9-4-7(2-3-8(9)30-6-10(27)28)5-25-26-16-14(20)12(18)11(17(22,23)24)13(19)15(16)21/h2-5,26H,6H2,1H3,(H,27,28)/b25-5-. The number of nitrogens with one attached hydrogen (secondary N) is 1. The Kier molecular flexibility index (Phi) is 6.74. The second kappa shape index (κ2) is 8.88. The first-order valence-corrected chi connectivity index (χ1v) is 7.72. The van der Waals surface area contributed by atoms with E-state index in [0.29, 0.717) is 0 Å². The SMILES string of the molecule is COc1cc(/C=N\Nc2c(F)c(F)c(C(F)(F)F)c(F)c2F)ccc1OCC(=O)O. The molecule has 0 unspecified atom stereocenters. The molecule has 0 aliphatic heterocycles. The predicted molar refractivity (Wildman–Crippen MR) is 88.6 cm³/mol. The number of carboxylic acids is 1. The molecule has 0 fully saturated rings. The second-order valence-corrected chi connectivity index (χ2v) is 5.47. The highest BCUT2D eigenvalue weighted by molar-refractivity contribution is 5.81. The van der Waals surface area contributed by atoms with Gasteiger partial charge in [0.25, 0.3) is 0 Å². The molecule has 0 heterocycles. The lowest BCUT2D eigenvalue weighted by atomic mass is 10.1. The minimum atomic E-state index is -5.65. The third kappa shape index (κ3) is 4.90. The number of hydrazone groups is 1. The van der Waals surface area contributed by atoms with Crippen LogP contribution in [0.25, 0.3) is 0 Å². The number of aliphatic carboxylic acids is 1. The van der Waals surface area contributed by atoms with E-state index in [9.17, 15) is 35.5 Å². The summed E-state index contributed by atoms with van der Waals surface area (Å²) in [5.74, 6) is -11.0. The lowest BCUT2D eigenvalue weighted by Gasteiger charge is -2.13. The molecule has 0 bridgehead atoms. The van der Waals surface area contributed by atoms with Gasteiger partial charge in [0, 0.05) is 0 Å². The van der Waals surface area contributed by atoms with E-state index >= 15 is 0 Å². The number of hydrogen-bond acceptors (Lipinski definition) is 5. The lowest BCUT2D eigenvalue weighted by molar-refractivity contribution is -0.143. The Morgan fingerprint density at radius 2 is 1.70 bits per heavy atom. The van der Waals surface area contributed by atoms with Crippen molar-refractivity contribution in [2.75, 3.05) is 19.1 Å². The van der Waals surface area contributed by atoms with Gasteiger partial charge in [0.2, 0.25) is 0 Å². The van der Waals surface area contributed by atoms with Crippen LogP contribution >= 0.6 is 0 Å². The first-order chi connectivity index (χ1) is 14.0. The average molecular weight is 440 g/mol. The summed E-state index contributed by atoms with van der Waals surface area (Å²) < 4.78 is 102. The fourth-order valence-corrected chi connectivity index (χ4v) is 2.17. The van der Waals surface area contributed by atoms with E-state index in [4.69, 9.17) is 14.6 Å². The lowest BCUT2D eigenvalue weighted by Crippen LogP contribution is -2.16. The van der Waals surface area contributed by atoms with Crippen LogP contribution in [-0.2, 0) is 11.0 Å². The van der Waals surface area contributed by atoms with Crippen molar-refractivity contribution in [3.63, 3.8) is 0 Å². The number of rotatable bonds is 7. The average Bonchev–Trinajstić information content (AvgIpc) is 2.66. The Morgan fingerprint density at radius 3 is 2.20 bits per heavy atom. The third-order valence-corrected chi connectivity index (χ3v) is 3.48. The quantitative estimate of drug-likeness (QED) is 0.292. The molecule has 0 aliphatic carbocycles. The Balaban J connectivity index is 2.28. The number of hydrogen-bond donors (Lipinski definition) is 2. The molecule has 0 aromatic heterocycles. The molecule has 13 heteroatoms. The topological polar surface area (TPSA) is 80.1 Å². The fourth-order valence-electron chi connectivity index (χ4n) is 2.17. The van der Waals surface area contributed by atoms with Crippen LogP contribution < -0.4 is 14.9 Å². The number of halogens is 7. The van der Waals surface area contributed by atoms with Crippen LogP contribution in [0.4, 0.5) is 36.4 Å². The van der Waals surface area contributed by atoms with Crippen molar-refractivity contribution in [3.05, 3.63) is 52.6 Å². The van der Waals surface area contributed by atoms with E-state index in [1.807, 2.05) is 0 Å². The van der Waals surface area contributed by atoms with Crippen LogP contribution in [0.2, 0.25) is 0 Å². The minimum absolute atomic E-state index is 0.0500. The molecule has 0 spiro atoms. The predicted octanol–water partition coefficient (Wildman–Crippen LogP) is 4.18. The number of carbonyl (C=O) groups is 1. The van der Waals surface area contributed by atoms with Crippen LogP contribution in [0.15, 0.2) is 23.3 Å². The summed E-state index contributed by atoms with van der Waals surface area (Å²) in [7, 11) is 1.24. The van der Waals surface area contributed by atoms with E-state index in [1.54, 1.807) is 5.43 Å². The van der Waals surface area contributed by atoms with Crippen molar-refractivity contribution in [2.24, 2.45) is 5.10 Å². The third-order valence-electron chi connectivity index (χ3n) is 3.48. The number of nitrogens with zero attached hydrogens (tertiary/aromatic N) is 1. The Hall–Kier alpha value is -3.51. The van der Waals surface area contributed by atoms with Crippen LogP contribution in [0, 0.1) is 23.3 Å². The van der Waals surface area contributed by atoms with Crippen LogP contribution in [0.1, 0.15) is 11.1 Å². The number of methoxy groups -OCH3 is 1. The van der Waals surface area contributed by atoms with Crippen LogP contribution in [0.5, 0.6) is 11.5 Å². The summed E-state index contributed by atoms with van der Waals surface area (Å²) in [5.41, 5.74) is -2.47. The van der Waals surface area contributed by atoms with E-state index in [0.717, 1.165) is 6.21 Å². The summed E-state index contributed by atoms with van der Waals surface area (Å²) in [4.78, 5) is 10.5. The van der Waals surface area contributed by atoms with Gasteiger partial charge < -0.3 is 14.6 Å². The van der Waals surface area contributed by atoms with Gasteiger partial charge in [0.05, 0.1) is 13.3 Å². The van der Waals surface area contributed by atoms with Gasteiger partial charge in [-0.2, -0.15) is 18.3 Å². The maximum absolute atomic E-state index is 13.8. The fraction of sp³-hybridized carbons (Fsp3) is 0.176. The van der Waals surface area contributed by atoms with Gasteiger partial charge in [-0.3, -0.25) is 5.43 Å². The molecule has 0 atom stereocenters. The molecule has 0 radical (unpaired) electrons. The zero-order chi connectivity index (χ0) is 22.6. The van der Waals surface area contributed by atoms with E-state index in [2.05, 4.69) is 5.10 Å². The number of carboxylic acid groups (broad SMARTS) is 1. The van der Waals surface area contributed by atoms with Crippen molar-refractivity contribution in [3.8, 4) is 11.5 Å². The van der Waals surface area contributed by atoms with Gasteiger partial charge in [-0.05, 0) is 23.8 Å². The van der Waals surface area contributed by atoms with Gasteiger partial charge in [-0.1, -0.05) is 0 Å². The first-order valence-electron chi connectivity index (χ1n) is 7.72. The number of anilines is 1. The van der Waals surface area contributed by atoms with Gasteiger partial charge in [-0.15, -0.1) is 0 Å². The molecular weight excluding hydrogens is 429 g/mol. The number of benzene rings is 2. The highest BCUT2D eigenvalue weighted by atomic mass is 19.4. The van der Waals surface area contributed by atoms with E-state index in [-0.39, 0.29) is 17.1 Å². The van der Waals surface area contributed by atoms with Crippen molar-refractivity contribution < 1.29 is 50.1 Å². The largest absolute Gasteiger partial charge is 0.493 e. The molecule has 2 N–H and O–H groups in total. The van der Waals surface area contributed by atoms with Gasteiger partial charge in [-0.25, -0.2) is 22.4 Å². The molecule has 6 nitrogen and oxygen atoms in total. The highest BCUT2D eigenvalue weighted by Gasteiger charge is 2.42. The molecule has 2 rings (SSSR count). The second-order valence-electron chi connectivity index (χ2n) is 5.47. The summed E-state index contributed by atoms with van der Waals surface area (Å²) in [5, 5.41) is 11.9. The zero-order valence-corrected chi connectivity index (χ0v) is 14.8. The van der Waals surface area contributed by atoms with Gasteiger partial charge >= 0.3 is 12.1 Å². The Bertz CT molecular complexity index is 964. The van der Waals surface area contributed by atoms with Crippen molar-refractivity contribution in [1.29, 1.82) is 0 Å². The summed E-state index contributed by atoms with van der Waals surface area (Å²) in [6, 6.07) is 3.86. The molecular formula is C17H11F7N2O4. The molecule has 0 saturated heterocycles. The minimum Gasteiger partial charge on any atom is -0.493 e. The summed E-state index contributed by atoms with van der Waals surface area (Å²) >= 11 is 0. The molecule has 0 amide bonds. The maximum atomic E-state index is 13.8.